The van der Waals surface area contributed by atoms with E-state index in [0.717, 1.165) is 0 Å². The molecule has 0 amide bonds. The summed E-state index contributed by atoms with van der Waals surface area (Å²) in [5.74, 6) is -0.868. The molecule has 0 aliphatic carbocycles. The Labute approximate surface area is 87.5 Å². The highest BCUT2D eigenvalue weighted by Crippen LogP contribution is 2.24. The molecule has 0 spiro atoms. The maximum atomic E-state index is 11.3. The van der Waals surface area contributed by atoms with Crippen molar-refractivity contribution in [1.82, 2.24) is 0 Å². The topological polar surface area (TPSA) is 63.6 Å². The van der Waals surface area contributed by atoms with Gasteiger partial charge >= 0.3 is 5.97 Å². The number of carbonyl (C=O) groups excluding carboxylic acids is 1. The van der Waals surface area contributed by atoms with E-state index in [1.807, 2.05) is 0 Å². The summed E-state index contributed by atoms with van der Waals surface area (Å²) in [7, 11) is 1.41. The molecule has 1 aromatic rings. The van der Waals surface area contributed by atoms with Crippen LogP contribution in [0.4, 0.5) is 0 Å². The molecule has 0 radical (unpaired) electrons. The van der Waals surface area contributed by atoms with Gasteiger partial charge in [-0.2, -0.15) is 0 Å². The van der Waals surface area contributed by atoms with Crippen molar-refractivity contribution in [3.63, 3.8) is 0 Å². The lowest BCUT2D eigenvalue weighted by molar-refractivity contribution is 0.0695. The van der Waals surface area contributed by atoms with Crippen LogP contribution >= 0.6 is 0 Å². The SMILES string of the molecule is COc1cc(C(=O)O)cc(C)c1C(C)=O. The molecule has 0 aromatic heterocycles. The minimum absolute atomic E-state index is 0.120. The van der Waals surface area contributed by atoms with E-state index < -0.39 is 5.97 Å². The van der Waals surface area contributed by atoms with Crippen LogP contribution in [0.2, 0.25) is 0 Å². The Morgan fingerprint density at radius 2 is 1.93 bits per heavy atom. The Morgan fingerprint density at radius 1 is 1.33 bits per heavy atom. The van der Waals surface area contributed by atoms with E-state index in [9.17, 15) is 9.59 Å². The van der Waals surface area contributed by atoms with E-state index >= 15 is 0 Å². The molecule has 0 saturated heterocycles. The summed E-state index contributed by atoms with van der Waals surface area (Å²) in [5, 5.41) is 8.82. The monoisotopic (exact) mass is 208 g/mol. The summed E-state index contributed by atoms with van der Waals surface area (Å²) >= 11 is 0. The predicted molar refractivity (Wildman–Crippen MR) is 54.7 cm³/mol. The number of ketones is 1. The quantitative estimate of drug-likeness (QED) is 0.770. The molecule has 1 N–H and O–H groups in total. The highest BCUT2D eigenvalue weighted by atomic mass is 16.5. The smallest absolute Gasteiger partial charge is 0.335 e. The predicted octanol–water partition coefficient (Wildman–Crippen LogP) is 1.90. The highest BCUT2D eigenvalue weighted by Gasteiger charge is 2.15. The molecule has 15 heavy (non-hydrogen) atoms. The lowest BCUT2D eigenvalue weighted by Gasteiger charge is -2.10. The van der Waals surface area contributed by atoms with E-state index in [-0.39, 0.29) is 11.3 Å². The molecule has 4 heteroatoms. The number of hydrogen-bond acceptors (Lipinski definition) is 3. The van der Waals surface area contributed by atoms with Gasteiger partial charge in [-0.3, -0.25) is 4.79 Å². The summed E-state index contributed by atoms with van der Waals surface area (Å²) in [6, 6.07) is 2.81. The zero-order valence-electron chi connectivity index (χ0n) is 8.83. The Kier molecular flexibility index (Phi) is 3.09. The molecule has 4 nitrogen and oxygen atoms in total. The summed E-state index contributed by atoms with van der Waals surface area (Å²) in [6.07, 6.45) is 0. The molecule has 0 aliphatic heterocycles. The number of ether oxygens (including phenoxy) is 1. The maximum Gasteiger partial charge on any atom is 0.335 e. The second-order valence-corrected chi connectivity index (χ2v) is 3.23. The van der Waals surface area contributed by atoms with Crippen molar-refractivity contribution in [2.75, 3.05) is 7.11 Å². The highest BCUT2D eigenvalue weighted by molar-refractivity contribution is 6.00. The van der Waals surface area contributed by atoms with Gasteiger partial charge in [0.15, 0.2) is 5.78 Å². The summed E-state index contributed by atoms with van der Waals surface area (Å²) in [5.41, 5.74) is 1.16. The molecule has 0 heterocycles. The van der Waals surface area contributed by atoms with E-state index in [1.165, 1.54) is 26.2 Å². The van der Waals surface area contributed by atoms with Crippen LogP contribution in [0.15, 0.2) is 12.1 Å². The summed E-state index contributed by atoms with van der Waals surface area (Å²) < 4.78 is 4.99. The van der Waals surface area contributed by atoms with Crippen LogP contribution in [-0.4, -0.2) is 24.0 Å². The standard InChI is InChI=1S/C11H12O4/c1-6-4-8(11(13)14)5-9(15-3)10(6)7(2)12/h4-5H,1-3H3,(H,13,14). The molecule has 0 atom stereocenters. The first-order chi connectivity index (χ1) is 6.97. The third kappa shape index (κ3) is 2.15. The molecule has 0 unspecified atom stereocenters. The van der Waals surface area contributed by atoms with Gasteiger partial charge in [-0.15, -0.1) is 0 Å². The van der Waals surface area contributed by atoms with Gasteiger partial charge in [0.05, 0.1) is 18.2 Å². The normalized spacial score (nSPS) is 9.80. The fourth-order valence-corrected chi connectivity index (χ4v) is 1.49. The molecular weight excluding hydrogens is 196 g/mol. The van der Waals surface area contributed by atoms with E-state index in [0.29, 0.717) is 16.9 Å². The number of Topliss-reactive ketones (excluding diaryl/α,β-unsaturated/α-hetero) is 1. The van der Waals surface area contributed by atoms with E-state index in [4.69, 9.17) is 9.84 Å². The number of carbonyl (C=O) groups is 2. The fourth-order valence-electron chi connectivity index (χ4n) is 1.49. The summed E-state index contributed by atoms with van der Waals surface area (Å²) in [4.78, 5) is 22.1. The van der Waals surface area contributed by atoms with Crippen molar-refractivity contribution >= 4 is 11.8 Å². The molecule has 0 bridgehead atoms. The number of carboxylic acids is 1. The van der Waals surface area contributed by atoms with Crippen LogP contribution in [-0.2, 0) is 0 Å². The second kappa shape index (κ2) is 4.13. The maximum absolute atomic E-state index is 11.3. The average Bonchev–Trinajstić information content (AvgIpc) is 2.15. The van der Waals surface area contributed by atoms with Gasteiger partial charge in [0.1, 0.15) is 5.75 Å². The Morgan fingerprint density at radius 3 is 2.33 bits per heavy atom. The Hall–Kier alpha value is -1.84. The van der Waals surface area contributed by atoms with Crippen molar-refractivity contribution in [2.24, 2.45) is 0 Å². The van der Waals surface area contributed by atoms with Crippen molar-refractivity contribution in [3.8, 4) is 5.75 Å². The van der Waals surface area contributed by atoms with Crippen molar-refractivity contribution in [3.05, 3.63) is 28.8 Å². The van der Waals surface area contributed by atoms with Crippen molar-refractivity contribution in [2.45, 2.75) is 13.8 Å². The number of hydrogen-bond donors (Lipinski definition) is 1. The first-order valence-corrected chi connectivity index (χ1v) is 4.40. The van der Waals surface area contributed by atoms with Gasteiger partial charge in [-0.25, -0.2) is 4.79 Å². The second-order valence-electron chi connectivity index (χ2n) is 3.23. The van der Waals surface area contributed by atoms with Crippen LogP contribution < -0.4 is 4.74 Å². The number of methoxy groups -OCH3 is 1. The molecule has 0 aliphatic rings. The van der Waals surface area contributed by atoms with Gasteiger partial charge in [0, 0.05) is 0 Å². The minimum atomic E-state index is -1.04. The van der Waals surface area contributed by atoms with Crippen molar-refractivity contribution < 1.29 is 19.4 Å². The van der Waals surface area contributed by atoms with E-state index in [1.54, 1.807) is 6.92 Å². The Bertz CT molecular complexity index is 421. The van der Waals surface area contributed by atoms with Crippen LogP contribution in [0.5, 0.6) is 5.75 Å². The molecule has 0 saturated carbocycles. The molecule has 80 valence electrons. The average molecular weight is 208 g/mol. The lowest BCUT2D eigenvalue weighted by atomic mass is 10.0. The summed E-state index contributed by atoms with van der Waals surface area (Å²) in [6.45, 7) is 3.11. The number of rotatable bonds is 3. The van der Waals surface area contributed by atoms with Gasteiger partial charge in [0.25, 0.3) is 0 Å². The fraction of sp³-hybridized carbons (Fsp3) is 0.273. The lowest BCUT2D eigenvalue weighted by Crippen LogP contribution is -2.05. The molecule has 1 aromatic carbocycles. The molecule has 1 rings (SSSR count). The van der Waals surface area contributed by atoms with Crippen molar-refractivity contribution in [1.29, 1.82) is 0 Å². The largest absolute Gasteiger partial charge is 0.496 e. The van der Waals surface area contributed by atoms with Crippen LogP contribution in [0, 0.1) is 6.92 Å². The number of benzene rings is 1. The third-order valence-corrected chi connectivity index (χ3v) is 2.12. The number of aromatic carboxylic acids is 1. The van der Waals surface area contributed by atoms with Gasteiger partial charge in [-0.1, -0.05) is 0 Å². The van der Waals surface area contributed by atoms with Crippen LogP contribution in [0.25, 0.3) is 0 Å². The van der Waals surface area contributed by atoms with Gasteiger partial charge in [0.2, 0.25) is 0 Å². The van der Waals surface area contributed by atoms with Crippen LogP contribution in [0.1, 0.15) is 33.2 Å². The van der Waals surface area contributed by atoms with Gasteiger partial charge in [-0.05, 0) is 31.5 Å². The zero-order valence-corrected chi connectivity index (χ0v) is 8.83. The third-order valence-electron chi connectivity index (χ3n) is 2.12. The zero-order chi connectivity index (χ0) is 11.6. The first kappa shape index (κ1) is 11.2. The Balaban J connectivity index is 3.43. The number of aryl methyl sites for hydroxylation is 1. The molecular formula is C11H12O4. The van der Waals surface area contributed by atoms with E-state index in [2.05, 4.69) is 0 Å². The minimum Gasteiger partial charge on any atom is -0.496 e. The first-order valence-electron chi connectivity index (χ1n) is 4.40. The number of carboxylic acid groups (broad SMARTS) is 1. The van der Waals surface area contributed by atoms with Crippen LogP contribution in [0.3, 0.4) is 0 Å². The van der Waals surface area contributed by atoms with Gasteiger partial charge < -0.3 is 9.84 Å². The molecule has 0 fully saturated rings.